The lowest BCUT2D eigenvalue weighted by Gasteiger charge is -2.26. The summed E-state index contributed by atoms with van der Waals surface area (Å²) in [6, 6.07) is 26.8. The molecule has 0 saturated carbocycles. The quantitative estimate of drug-likeness (QED) is 0.154. The second-order valence-corrected chi connectivity index (χ2v) is 10.3. The van der Waals surface area contributed by atoms with E-state index in [2.05, 4.69) is 10.3 Å². The Balaban J connectivity index is 1.36. The highest BCUT2D eigenvalue weighted by molar-refractivity contribution is 7.80. The number of ether oxygens (including phenoxy) is 2. The summed E-state index contributed by atoms with van der Waals surface area (Å²) in [7, 11) is 1.60. The van der Waals surface area contributed by atoms with E-state index in [1.54, 1.807) is 25.4 Å². The van der Waals surface area contributed by atoms with Crippen molar-refractivity contribution in [2.75, 3.05) is 12.0 Å². The molecule has 1 aliphatic rings. The third-order valence-corrected chi connectivity index (χ3v) is 7.45. The molecule has 2 aromatic heterocycles. The number of benzene rings is 3. The van der Waals surface area contributed by atoms with E-state index in [4.69, 9.17) is 26.1 Å². The number of furan rings is 1. The molecule has 1 fully saturated rings. The van der Waals surface area contributed by atoms with Gasteiger partial charge in [-0.1, -0.05) is 6.07 Å². The van der Waals surface area contributed by atoms with Gasteiger partial charge in [0.15, 0.2) is 5.11 Å². The van der Waals surface area contributed by atoms with Crippen molar-refractivity contribution in [3.63, 3.8) is 0 Å². The van der Waals surface area contributed by atoms with E-state index in [-0.39, 0.29) is 11.1 Å². The van der Waals surface area contributed by atoms with Gasteiger partial charge in [-0.15, -0.1) is 0 Å². The average Bonchev–Trinajstić information content (AvgIpc) is 3.67. The molecule has 44 heavy (non-hydrogen) atoms. The Morgan fingerprint density at radius 3 is 2.09 bits per heavy atom. The van der Waals surface area contributed by atoms with Gasteiger partial charge in [0, 0.05) is 17.4 Å². The smallest absolute Gasteiger partial charge is 0.335 e. The van der Waals surface area contributed by atoms with Gasteiger partial charge in [-0.05, 0) is 103 Å². The fourth-order valence-corrected chi connectivity index (χ4v) is 5.41. The molecule has 0 bridgehead atoms. The van der Waals surface area contributed by atoms with Crippen LogP contribution in [-0.2, 0) is 0 Å². The average molecular weight is 608 g/mol. The van der Waals surface area contributed by atoms with Gasteiger partial charge in [0.05, 0.1) is 30.0 Å². The molecule has 0 aliphatic carbocycles. The molecule has 1 saturated heterocycles. The van der Waals surface area contributed by atoms with Crippen molar-refractivity contribution in [1.29, 1.82) is 0 Å². The molecule has 2 atom stereocenters. The first-order chi connectivity index (χ1) is 21.3. The van der Waals surface area contributed by atoms with E-state index in [9.17, 15) is 19.8 Å². The first kappa shape index (κ1) is 28.4. The molecule has 5 aromatic rings. The number of anilines is 1. The summed E-state index contributed by atoms with van der Waals surface area (Å²) in [6.45, 7) is 0. The SMILES string of the molecule is COc1ccc(Oc2ccc(N3C(=S)N[C@H](c4ccccn4)[C@@H]3c3ccc(-c4cc(C(=O)O)cc(C(=O)O)c4)o3)cc2)cc1. The van der Waals surface area contributed by atoms with Crippen LogP contribution < -0.4 is 19.7 Å². The second kappa shape index (κ2) is 11.9. The third-order valence-electron chi connectivity index (χ3n) is 7.14. The van der Waals surface area contributed by atoms with Gasteiger partial charge in [-0.3, -0.25) is 4.98 Å². The third kappa shape index (κ3) is 5.68. The number of thiocarbonyl (C=S) groups is 1. The lowest BCUT2D eigenvalue weighted by Crippen LogP contribution is -2.29. The molecule has 10 nitrogen and oxygen atoms in total. The molecule has 0 spiro atoms. The van der Waals surface area contributed by atoms with Crippen LogP contribution in [0.15, 0.2) is 108 Å². The maximum Gasteiger partial charge on any atom is 0.335 e. The molecule has 11 heteroatoms. The Hall–Kier alpha value is -5.68. The van der Waals surface area contributed by atoms with Gasteiger partial charge in [0.2, 0.25) is 0 Å². The zero-order chi connectivity index (χ0) is 30.8. The zero-order valence-corrected chi connectivity index (χ0v) is 24.0. The van der Waals surface area contributed by atoms with Gasteiger partial charge >= 0.3 is 11.9 Å². The zero-order valence-electron chi connectivity index (χ0n) is 23.2. The minimum atomic E-state index is -1.24. The van der Waals surface area contributed by atoms with Crippen LogP contribution in [0, 0.1) is 0 Å². The number of hydrogen-bond donors (Lipinski definition) is 3. The first-order valence-electron chi connectivity index (χ1n) is 13.4. The highest BCUT2D eigenvalue weighted by atomic mass is 32.1. The number of aromatic carboxylic acids is 2. The van der Waals surface area contributed by atoms with Crippen LogP contribution in [0.2, 0.25) is 0 Å². The van der Waals surface area contributed by atoms with Crippen LogP contribution in [0.4, 0.5) is 5.69 Å². The highest BCUT2D eigenvalue weighted by Crippen LogP contribution is 2.43. The summed E-state index contributed by atoms with van der Waals surface area (Å²) in [5.41, 5.74) is 1.51. The Morgan fingerprint density at radius 2 is 1.50 bits per heavy atom. The number of aromatic nitrogens is 1. The number of hydrogen-bond acceptors (Lipinski definition) is 7. The molecule has 0 amide bonds. The number of carboxylic acids is 2. The van der Waals surface area contributed by atoms with Crippen molar-refractivity contribution in [1.82, 2.24) is 10.3 Å². The predicted octanol–water partition coefficient (Wildman–Crippen LogP) is 6.72. The summed E-state index contributed by atoms with van der Waals surface area (Å²) < 4.78 is 17.5. The molecule has 3 aromatic carbocycles. The maximum absolute atomic E-state index is 11.7. The molecule has 0 unspecified atom stereocenters. The largest absolute Gasteiger partial charge is 0.497 e. The van der Waals surface area contributed by atoms with Gasteiger partial charge in [0.25, 0.3) is 0 Å². The van der Waals surface area contributed by atoms with Gasteiger partial charge in [0.1, 0.15) is 34.8 Å². The number of nitrogens with zero attached hydrogens (tertiary/aromatic N) is 2. The van der Waals surface area contributed by atoms with E-state index < -0.39 is 24.0 Å². The molecule has 6 rings (SSSR count). The van der Waals surface area contributed by atoms with Crippen LogP contribution in [0.25, 0.3) is 11.3 Å². The van der Waals surface area contributed by atoms with Crippen LogP contribution >= 0.6 is 12.2 Å². The normalized spacial score (nSPS) is 15.9. The van der Waals surface area contributed by atoms with Crippen LogP contribution in [0.5, 0.6) is 17.2 Å². The molecule has 3 heterocycles. The topological polar surface area (TPSA) is 134 Å². The Morgan fingerprint density at radius 1 is 0.864 bits per heavy atom. The fourth-order valence-electron chi connectivity index (χ4n) is 5.06. The number of carbonyl (C=O) groups is 2. The van der Waals surface area contributed by atoms with Crippen molar-refractivity contribution in [3.8, 4) is 28.6 Å². The minimum absolute atomic E-state index is 0.161. The van der Waals surface area contributed by atoms with E-state index in [1.165, 1.54) is 12.1 Å². The summed E-state index contributed by atoms with van der Waals surface area (Å²) in [4.78, 5) is 29.8. The van der Waals surface area contributed by atoms with E-state index in [0.29, 0.717) is 33.7 Å². The maximum atomic E-state index is 11.7. The highest BCUT2D eigenvalue weighted by Gasteiger charge is 2.42. The number of methoxy groups -OCH3 is 1. The molecule has 1 aliphatic heterocycles. The van der Waals surface area contributed by atoms with Crippen molar-refractivity contribution < 1.29 is 33.7 Å². The van der Waals surface area contributed by atoms with Crippen molar-refractivity contribution in [2.45, 2.75) is 12.1 Å². The second-order valence-electron chi connectivity index (χ2n) is 9.88. The molecule has 220 valence electrons. The Bertz CT molecular complexity index is 1810. The van der Waals surface area contributed by atoms with E-state index in [1.807, 2.05) is 71.6 Å². The molecular formula is C33H25N3O7S. The predicted molar refractivity (Wildman–Crippen MR) is 166 cm³/mol. The lowest BCUT2D eigenvalue weighted by molar-refractivity contribution is 0.0696. The number of nitrogens with one attached hydrogen (secondary N) is 1. The lowest BCUT2D eigenvalue weighted by atomic mass is 10.0. The van der Waals surface area contributed by atoms with Crippen LogP contribution in [-0.4, -0.2) is 39.4 Å². The van der Waals surface area contributed by atoms with Crippen molar-refractivity contribution in [3.05, 3.63) is 126 Å². The van der Waals surface area contributed by atoms with Crippen molar-refractivity contribution in [2.24, 2.45) is 0 Å². The minimum Gasteiger partial charge on any atom is -0.497 e. The van der Waals surface area contributed by atoms with Crippen LogP contribution in [0.1, 0.15) is 44.3 Å². The van der Waals surface area contributed by atoms with Crippen LogP contribution in [0.3, 0.4) is 0 Å². The summed E-state index contributed by atoms with van der Waals surface area (Å²) >= 11 is 5.80. The van der Waals surface area contributed by atoms with E-state index in [0.717, 1.165) is 23.2 Å². The summed E-state index contributed by atoms with van der Waals surface area (Å²) in [6.07, 6.45) is 1.70. The Labute approximate surface area is 257 Å². The van der Waals surface area contributed by atoms with Gasteiger partial charge < -0.3 is 34.3 Å². The summed E-state index contributed by atoms with van der Waals surface area (Å²) in [5.74, 6) is 0.355. The molecule has 0 radical (unpaired) electrons. The Kier molecular flexibility index (Phi) is 7.69. The monoisotopic (exact) mass is 607 g/mol. The standard InChI is InChI=1S/C33H25N3O7S/c1-41-23-9-11-25(12-10-23)42-24-7-5-22(6-8-24)36-30(29(35-33(36)44)26-4-2-3-15-34-26)28-14-13-27(43-28)19-16-20(31(37)38)18-21(17-19)32(39)40/h2-18,29-30H,1H3,(H,35,44)(H,37,38)(H,39,40)/t29-,30+/m1/s1. The number of rotatable bonds is 9. The number of carboxylic acid groups (broad SMARTS) is 2. The molecular weight excluding hydrogens is 582 g/mol. The van der Waals surface area contributed by atoms with E-state index >= 15 is 0 Å². The summed E-state index contributed by atoms with van der Waals surface area (Å²) in [5, 5.41) is 22.9. The fraction of sp³-hybridized carbons (Fsp3) is 0.0909. The van der Waals surface area contributed by atoms with Gasteiger partial charge in [-0.2, -0.15) is 0 Å². The molecule has 3 N–H and O–H groups in total. The van der Waals surface area contributed by atoms with Gasteiger partial charge in [-0.25, -0.2) is 9.59 Å². The first-order valence-corrected chi connectivity index (χ1v) is 13.9. The number of pyridine rings is 1. The van der Waals surface area contributed by atoms with Crippen molar-refractivity contribution >= 4 is 35.0 Å².